The van der Waals surface area contributed by atoms with Crippen LogP contribution in [0.2, 0.25) is 0 Å². The Kier molecular flexibility index (Phi) is 4.48. The zero-order valence-corrected chi connectivity index (χ0v) is 14.3. The molecule has 1 aromatic carbocycles. The third kappa shape index (κ3) is 3.08. The molecule has 1 aromatic rings. The first-order chi connectivity index (χ1) is 11.3. The maximum absolute atomic E-state index is 6.20. The van der Waals surface area contributed by atoms with Crippen LogP contribution in [0.25, 0.3) is 0 Å². The standard InChI is InChI=1S/C20H31N3/c21-18-10-11-19(17-8-2-1-7-16(17)18)22-14-15-6-5-13-23-12-4-3-9-20(15)23/h10-11,15,20,22H,1-9,12-14,21H2/t15-,20+/m0/s1. The lowest BCUT2D eigenvalue weighted by atomic mass is 9.83. The van der Waals surface area contributed by atoms with Crippen LogP contribution in [0, 0.1) is 5.92 Å². The third-order valence-corrected chi connectivity index (χ3v) is 6.35. The van der Waals surface area contributed by atoms with Gasteiger partial charge in [-0.25, -0.2) is 0 Å². The minimum Gasteiger partial charge on any atom is -0.398 e. The van der Waals surface area contributed by atoms with E-state index in [2.05, 4.69) is 22.3 Å². The number of benzene rings is 1. The summed E-state index contributed by atoms with van der Waals surface area (Å²) in [6.45, 7) is 3.80. The van der Waals surface area contributed by atoms with Gasteiger partial charge in [0.15, 0.2) is 0 Å². The smallest absolute Gasteiger partial charge is 0.0377 e. The maximum atomic E-state index is 6.20. The molecule has 126 valence electrons. The van der Waals surface area contributed by atoms with Crippen molar-refractivity contribution in [1.29, 1.82) is 0 Å². The number of hydrogen-bond donors (Lipinski definition) is 2. The van der Waals surface area contributed by atoms with Gasteiger partial charge in [-0.15, -0.1) is 0 Å². The number of rotatable bonds is 3. The fraction of sp³-hybridized carbons (Fsp3) is 0.700. The number of nitrogens with two attached hydrogens (primary N) is 1. The van der Waals surface area contributed by atoms with E-state index < -0.39 is 0 Å². The van der Waals surface area contributed by atoms with E-state index in [4.69, 9.17) is 5.73 Å². The number of piperidine rings is 2. The molecular weight excluding hydrogens is 282 g/mol. The summed E-state index contributed by atoms with van der Waals surface area (Å²) in [4.78, 5) is 2.76. The zero-order chi connectivity index (χ0) is 15.6. The average Bonchev–Trinajstić information content (AvgIpc) is 2.61. The summed E-state index contributed by atoms with van der Waals surface area (Å²) in [6.07, 6.45) is 12.0. The Balaban J connectivity index is 1.46. The van der Waals surface area contributed by atoms with Gasteiger partial charge >= 0.3 is 0 Å². The van der Waals surface area contributed by atoms with Gasteiger partial charge < -0.3 is 16.0 Å². The molecule has 0 saturated carbocycles. The van der Waals surface area contributed by atoms with E-state index in [9.17, 15) is 0 Å². The van der Waals surface area contributed by atoms with Crippen molar-refractivity contribution in [2.75, 3.05) is 30.7 Å². The van der Waals surface area contributed by atoms with Gasteiger partial charge in [-0.05, 0) is 93.6 Å². The summed E-state index contributed by atoms with van der Waals surface area (Å²) >= 11 is 0. The van der Waals surface area contributed by atoms with Crippen molar-refractivity contribution in [1.82, 2.24) is 4.90 Å². The molecule has 0 unspecified atom stereocenters. The van der Waals surface area contributed by atoms with E-state index in [0.29, 0.717) is 0 Å². The maximum Gasteiger partial charge on any atom is 0.0377 e. The fourth-order valence-corrected chi connectivity index (χ4v) is 5.12. The van der Waals surface area contributed by atoms with Gasteiger partial charge in [0, 0.05) is 24.0 Å². The largest absolute Gasteiger partial charge is 0.398 e. The normalized spacial score (nSPS) is 28.0. The molecule has 0 spiro atoms. The summed E-state index contributed by atoms with van der Waals surface area (Å²) in [5.74, 6) is 0.820. The minimum absolute atomic E-state index is 0.820. The highest BCUT2D eigenvalue weighted by Crippen LogP contribution is 2.34. The Morgan fingerprint density at radius 3 is 2.70 bits per heavy atom. The van der Waals surface area contributed by atoms with E-state index in [1.165, 1.54) is 81.3 Å². The Bertz CT molecular complexity index is 552. The van der Waals surface area contributed by atoms with Gasteiger partial charge in [-0.2, -0.15) is 0 Å². The van der Waals surface area contributed by atoms with Gasteiger partial charge in [0.1, 0.15) is 0 Å². The van der Waals surface area contributed by atoms with Gasteiger partial charge in [0.05, 0.1) is 0 Å². The van der Waals surface area contributed by atoms with Crippen LogP contribution in [0.3, 0.4) is 0 Å². The molecule has 23 heavy (non-hydrogen) atoms. The molecule has 0 bridgehead atoms. The van der Waals surface area contributed by atoms with Crippen LogP contribution in [-0.2, 0) is 12.8 Å². The molecule has 2 atom stereocenters. The molecule has 0 radical (unpaired) electrons. The number of nitrogens with zero attached hydrogens (tertiary/aromatic N) is 1. The highest BCUT2D eigenvalue weighted by atomic mass is 15.2. The Morgan fingerprint density at radius 1 is 0.957 bits per heavy atom. The first kappa shape index (κ1) is 15.3. The Hall–Kier alpha value is -1.22. The molecule has 2 saturated heterocycles. The van der Waals surface area contributed by atoms with E-state index in [1.54, 1.807) is 0 Å². The van der Waals surface area contributed by atoms with Crippen molar-refractivity contribution in [3.63, 3.8) is 0 Å². The first-order valence-electron chi connectivity index (χ1n) is 9.71. The molecule has 2 aliphatic heterocycles. The van der Waals surface area contributed by atoms with E-state index in [0.717, 1.165) is 30.6 Å². The van der Waals surface area contributed by atoms with Crippen molar-refractivity contribution < 1.29 is 0 Å². The topological polar surface area (TPSA) is 41.3 Å². The molecule has 0 aromatic heterocycles. The summed E-state index contributed by atoms with van der Waals surface area (Å²) in [5.41, 5.74) is 11.5. The van der Waals surface area contributed by atoms with Gasteiger partial charge in [0.25, 0.3) is 0 Å². The summed E-state index contributed by atoms with van der Waals surface area (Å²) in [6, 6.07) is 5.16. The van der Waals surface area contributed by atoms with Crippen molar-refractivity contribution >= 4 is 11.4 Å². The number of nitrogens with one attached hydrogen (secondary N) is 1. The van der Waals surface area contributed by atoms with E-state index in [-0.39, 0.29) is 0 Å². The molecule has 3 aliphatic rings. The predicted octanol–water partition coefficient (Wildman–Crippen LogP) is 3.82. The molecule has 0 amide bonds. The highest BCUT2D eigenvalue weighted by Gasteiger charge is 2.32. The number of hydrogen-bond acceptors (Lipinski definition) is 3. The lowest BCUT2D eigenvalue weighted by Crippen LogP contribution is -2.49. The monoisotopic (exact) mass is 313 g/mol. The average molecular weight is 313 g/mol. The summed E-state index contributed by atoms with van der Waals surface area (Å²) < 4.78 is 0. The van der Waals surface area contributed by atoms with Crippen molar-refractivity contribution in [3.05, 3.63) is 23.3 Å². The molecule has 3 N–H and O–H groups in total. The molecule has 3 nitrogen and oxygen atoms in total. The van der Waals surface area contributed by atoms with E-state index in [1.807, 2.05) is 0 Å². The van der Waals surface area contributed by atoms with Crippen molar-refractivity contribution in [2.24, 2.45) is 5.92 Å². The van der Waals surface area contributed by atoms with E-state index >= 15 is 0 Å². The molecule has 1 aliphatic carbocycles. The second-order valence-electron chi connectivity index (χ2n) is 7.75. The SMILES string of the molecule is Nc1ccc(NC[C@@H]2CCCN3CCCC[C@H]23)c2c1CCCC2. The molecular formula is C20H31N3. The summed E-state index contributed by atoms with van der Waals surface area (Å²) in [7, 11) is 0. The number of fused-ring (bicyclic) bond motifs is 2. The Morgan fingerprint density at radius 2 is 1.78 bits per heavy atom. The third-order valence-electron chi connectivity index (χ3n) is 6.35. The highest BCUT2D eigenvalue weighted by molar-refractivity contribution is 5.64. The second kappa shape index (κ2) is 6.72. The van der Waals surface area contributed by atoms with Gasteiger partial charge in [-0.1, -0.05) is 6.42 Å². The lowest BCUT2D eigenvalue weighted by Gasteiger charge is -2.44. The van der Waals surface area contributed by atoms with Crippen molar-refractivity contribution in [2.45, 2.75) is 63.8 Å². The van der Waals surface area contributed by atoms with Crippen LogP contribution in [0.15, 0.2) is 12.1 Å². The van der Waals surface area contributed by atoms with Gasteiger partial charge in [0.2, 0.25) is 0 Å². The predicted molar refractivity (Wildman–Crippen MR) is 97.9 cm³/mol. The minimum atomic E-state index is 0.820. The quantitative estimate of drug-likeness (QED) is 0.834. The first-order valence-corrected chi connectivity index (χ1v) is 9.71. The summed E-state index contributed by atoms with van der Waals surface area (Å²) in [5, 5.41) is 3.82. The second-order valence-corrected chi connectivity index (χ2v) is 7.75. The van der Waals surface area contributed by atoms with Crippen LogP contribution in [0.4, 0.5) is 11.4 Å². The van der Waals surface area contributed by atoms with Crippen LogP contribution in [0.1, 0.15) is 56.1 Å². The molecule has 2 fully saturated rings. The lowest BCUT2D eigenvalue weighted by molar-refractivity contribution is 0.0649. The fourth-order valence-electron chi connectivity index (χ4n) is 5.12. The van der Waals surface area contributed by atoms with Crippen molar-refractivity contribution in [3.8, 4) is 0 Å². The zero-order valence-electron chi connectivity index (χ0n) is 14.3. The Labute approximate surface area is 140 Å². The van der Waals surface area contributed by atoms with Gasteiger partial charge in [-0.3, -0.25) is 0 Å². The molecule has 3 heteroatoms. The number of nitrogen functional groups attached to an aromatic ring is 1. The van der Waals surface area contributed by atoms with Crippen LogP contribution in [-0.4, -0.2) is 30.6 Å². The van der Waals surface area contributed by atoms with Crippen LogP contribution >= 0.6 is 0 Å². The van der Waals surface area contributed by atoms with Crippen LogP contribution < -0.4 is 11.1 Å². The molecule has 2 heterocycles. The van der Waals surface area contributed by atoms with Crippen LogP contribution in [0.5, 0.6) is 0 Å². The number of anilines is 2. The molecule has 4 rings (SSSR count).